The zero-order valence-electron chi connectivity index (χ0n) is 19.5. The summed E-state index contributed by atoms with van der Waals surface area (Å²) in [4.78, 5) is 25.0. The second-order valence-electron chi connectivity index (χ2n) is 7.96. The van der Waals surface area contributed by atoms with Gasteiger partial charge in [0.15, 0.2) is 0 Å². The first kappa shape index (κ1) is 26.9. The number of aliphatic carboxylic acids is 1. The summed E-state index contributed by atoms with van der Waals surface area (Å²) in [7, 11) is 2.02. The lowest BCUT2D eigenvalue weighted by molar-refractivity contribution is -0.154. The highest BCUT2D eigenvalue weighted by molar-refractivity contribution is 5.90. The minimum Gasteiger partial charge on any atom is -0.490 e. The van der Waals surface area contributed by atoms with Crippen LogP contribution in [0.3, 0.4) is 0 Å². The molecule has 1 aromatic rings. The number of rotatable bonds is 14. The molecular formula is C26H35NO5. The number of hydrogen-bond donors (Lipinski definition) is 1. The van der Waals surface area contributed by atoms with Gasteiger partial charge in [-0.3, -0.25) is 4.90 Å². The fourth-order valence-electron chi connectivity index (χ4n) is 2.95. The largest absolute Gasteiger partial charge is 0.490 e. The lowest BCUT2D eigenvalue weighted by Crippen LogP contribution is -2.28. The molecule has 0 radical (unpaired) electrons. The summed E-state index contributed by atoms with van der Waals surface area (Å²) in [5, 5.41) is 8.74. The smallest absolute Gasteiger partial charge is 0.331 e. The number of nitrogens with zero attached hydrogens (tertiary/aromatic N) is 1. The number of likely N-dealkylation sites (N-methyl/N-ethyl adjacent to an activating group) is 1. The lowest BCUT2D eigenvalue weighted by atomic mass is 9.90. The third-order valence-electron chi connectivity index (χ3n) is 4.70. The van der Waals surface area contributed by atoms with Gasteiger partial charge in [0.05, 0.1) is 0 Å². The van der Waals surface area contributed by atoms with E-state index in [-0.39, 0.29) is 0 Å². The molecule has 0 amide bonds. The van der Waals surface area contributed by atoms with Crippen molar-refractivity contribution in [2.24, 2.45) is 0 Å². The quantitative estimate of drug-likeness (QED) is 0.252. The van der Waals surface area contributed by atoms with E-state index in [0.717, 1.165) is 37.2 Å². The van der Waals surface area contributed by atoms with Crippen molar-refractivity contribution in [3.05, 3.63) is 78.4 Å². The van der Waals surface area contributed by atoms with Crippen molar-refractivity contribution in [2.75, 3.05) is 26.7 Å². The van der Waals surface area contributed by atoms with Crippen molar-refractivity contribution in [3.63, 3.8) is 0 Å². The third-order valence-corrected chi connectivity index (χ3v) is 4.70. The van der Waals surface area contributed by atoms with Gasteiger partial charge in [-0.2, -0.15) is 0 Å². The molecular weight excluding hydrogens is 406 g/mol. The second kappa shape index (κ2) is 14.0. The molecule has 32 heavy (non-hydrogen) atoms. The van der Waals surface area contributed by atoms with Crippen molar-refractivity contribution in [3.8, 4) is 5.75 Å². The summed E-state index contributed by atoms with van der Waals surface area (Å²) in [6, 6.07) is 7.42. The number of carbonyl (C=O) groups excluding carboxylic acids is 1. The minimum absolute atomic E-state index is 0.452. The Morgan fingerprint density at radius 2 is 1.81 bits per heavy atom. The zero-order valence-corrected chi connectivity index (χ0v) is 19.5. The normalized spacial score (nSPS) is 13.2. The van der Waals surface area contributed by atoms with Gasteiger partial charge in [0, 0.05) is 25.2 Å². The molecule has 0 aliphatic heterocycles. The first-order valence-electron chi connectivity index (χ1n) is 10.6. The SMILES string of the molecule is C=CCN(C)CC=CCOc1ccc(C(C)(CCC=C(C)C)OC(=O)C=CC(=O)O)cc1. The number of allylic oxidation sites excluding steroid dienone is 2. The number of carbonyl (C=O) groups is 2. The van der Waals surface area contributed by atoms with E-state index in [9.17, 15) is 9.59 Å². The molecule has 6 heteroatoms. The van der Waals surface area contributed by atoms with E-state index in [1.807, 2.05) is 70.3 Å². The number of esters is 1. The molecule has 0 spiro atoms. The summed E-state index contributed by atoms with van der Waals surface area (Å²) in [6.45, 7) is 11.7. The minimum atomic E-state index is -1.20. The van der Waals surface area contributed by atoms with E-state index in [1.54, 1.807) is 0 Å². The van der Waals surface area contributed by atoms with Crippen LogP contribution < -0.4 is 4.74 Å². The second-order valence-corrected chi connectivity index (χ2v) is 7.96. The molecule has 174 valence electrons. The number of hydrogen-bond acceptors (Lipinski definition) is 5. The lowest BCUT2D eigenvalue weighted by Gasteiger charge is -2.29. The monoisotopic (exact) mass is 441 g/mol. The highest BCUT2D eigenvalue weighted by Crippen LogP contribution is 2.32. The van der Waals surface area contributed by atoms with Crippen molar-refractivity contribution in [1.29, 1.82) is 0 Å². The molecule has 0 aliphatic rings. The molecule has 0 saturated carbocycles. The Balaban J connectivity index is 2.83. The molecule has 1 N–H and O–H groups in total. The van der Waals surface area contributed by atoms with Crippen LogP contribution in [-0.2, 0) is 19.9 Å². The Hall–Kier alpha value is -3.12. The van der Waals surface area contributed by atoms with Crippen molar-refractivity contribution in [1.82, 2.24) is 4.90 Å². The first-order chi connectivity index (χ1) is 15.2. The fraction of sp³-hybridized carbons (Fsp3) is 0.385. The van der Waals surface area contributed by atoms with Gasteiger partial charge in [0.1, 0.15) is 18.0 Å². The average Bonchev–Trinajstić information content (AvgIpc) is 2.72. The summed E-state index contributed by atoms with van der Waals surface area (Å²) < 4.78 is 11.4. The Labute approximate surface area is 191 Å². The molecule has 0 bridgehead atoms. The van der Waals surface area contributed by atoms with Crippen LogP contribution in [0.5, 0.6) is 5.75 Å². The topological polar surface area (TPSA) is 76.1 Å². The first-order valence-corrected chi connectivity index (χ1v) is 10.6. The van der Waals surface area contributed by atoms with Gasteiger partial charge in [-0.1, -0.05) is 42.0 Å². The molecule has 0 saturated heterocycles. The van der Waals surface area contributed by atoms with Crippen LogP contribution in [0.4, 0.5) is 0 Å². The highest BCUT2D eigenvalue weighted by atomic mass is 16.6. The van der Waals surface area contributed by atoms with Gasteiger partial charge >= 0.3 is 11.9 Å². The van der Waals surface area contributed by atoms with Gasteiger partial charge in [-0.05, 0) is 58.4 Å². The van der Waals surface area contributed by atoms with Crippen molar-refractivity contribution < 1.29 is 24.2 Å². The standard InChI is InChI=1S/C26H35NO5/c1-6-18-27(5)19-7-8-20-31-23-13-11-22(12-14-23)26(4,17-9-10-21(2)3)32-25(30)16-15-24(28)29/h6-8,10-16H,1,9,17-20H2,2-5H3,(H,28,29). The van der Waals surface area contributed by atoms with Crippen LogP contribution in [0.25, 0.3) is 0 Å². The number of benzene rings is 1. The van der Waals surface area contributed by atoms with E-state index < -0.39 is 17.5 Å². The van der Waals surface area contributed by atoms with E-state index in [0.29, 0.717) is 18.8 Å². The van der Waals surface area contributed by atoms with Crippen molar-refractivity contribution in [2.45, 2.75) is 39.2 Å². The van der Waals surface area contributed by atoms with Gasteiger partial charge in [0.2, 0.25) is 0 Å². The van der Waals surface area contributed by atoms with Gasteiger partial charge in [-0.15, -0.1) is 6.58 Å². The fourth-order valence-corrected chi connectivity index (χ4v) is 2.95. The van der Waals surface area contributed by atoms with Crippen LogP contribution >= 0.6 is 0 Å². The summed E-state index contributed by atoms with van der Waals surface area (Å²) in [5.74, 6) is -1.18. The maximum Gasteiger partial charge on any atom is 0.331 e. The Morgan fingerprint density at radius 1 is 1.12 bits per heavy atom. The van der Waals surface area contributed by atoms with Crippen molar-refractivity contribution >= 4 is 11.9 Å². The summed E-state index contributed by atoms with van der Waals surface area (Å²) in [6.07, 6.45) is 10.9. The zero-order chi connectivity index (χ0) is 24.0. The number of carboxylic acids is 1. The predicted octanol–water partition coefficient (Wildman–Crippen LogP) is 4.89. The van der Waals surface area contributed by atoms with Gasteiger partial charge in [-0.25, -0.2) is 9.59 Å². The Morgan fingerprint density at radius 3 is 2.41 bits per heavy atom. The molecule has 1 rings (SSSR count). The average molecular weight is 442 g/mol. The Kier molecular flexibility index (Phi) is 11.8. The number of ether oxygens (including phenoxy) is 2. The summed E-state index contributed by atoms with van der Waals surface area (Å²) >= 11 is 0. The molecule has 0 fully saturated rings. The molecule has 1 unspecified atom stereocenters. The predicted molar refractivity (Wildman–Crippen MR) is 128 cm³/mol. The maximum atomic E-state index is 12.2. The van der Waals surface area contributed by atoms with Crippen LogP contribution in [0.1, 0.15) is 39.2 Å². The van der Waals surface area contributed by atoms with E-state index in [4.69, 9.17) is 14.6 Å². The molecule has 1 aromatic carbocycles. The molecule has 1 atom stereocenters. The van der Waals surface area contributed by atoms with Crippen LogP contribution in [-0.4, -0.2) is 48.7 Å². The van der Waals surface area contributed by atoms with Gasteiger partial charge in [0.25, 0.3) is 0 Å². The van der Waals surface area contributed by atoms with E-state index in [1.165, 1.54) is 5.57 Å². The van der Waals surface area contributed by atoms with E-state index in [2.05, 4.69) is 17.6 Å². The number of carboxylic acid groups (broad SMARTS) is 1. The van der Waals surface area contributed by atoms with E-state index >= 15 is 0 Å². The highest BCUT2D eigenvalue weighted by Gasteiger charge is 2.30. The third kappa shape index (κ3) is 10.8. The molecule has 0 aromatic heterocycles. The maximum absolute atomic E-state index is 12.2. The molecule has 0 aliphatic carbocycles. The molecule has 6 nitrogen and oxygen atoms in total. The van der Waals surface area contributed by atoms with Crippen LogP contribution in [0, 0.1) is 0 Å². The van der Waals surface area contributed by atoms with Gasteiger partial charge < -0.3 is 14.6 Å². The Bertz CT molecular complexity index is 834. The van der Waals surface area contributed by atoms with Crippen LogP contribution in [0.2, 0.25) is 0 Å². The summed E-state index contributed by atoms with van der Waals surface area (Å²) in [5.41, 5.74) is 1.09. The van der Waals surface area contributed by atoms with Crippen LogP contribution in [0.15, 0.2) is 72.9 Å². The molecule has 0 heterocycles.